The van der Waals surface area contributed by atoms with Crippen LogP contribution < -0.4 is 0 Å². The van der Waals surface area contributed by atoms with Crippen LogP contribution in [0, 0.1) is 0 Å². The molecule has 78 valence electrons. The molecule has 4 heteroatoms. The van der Waals surface area contributed by atoms with Crippen LogP contribution in [0.5, 0.6) is 0 Å². The Bertz CT molecular complexity index is 318. The Kier molecular flexibility index (Phi) is 2.98. The fraction of sp³-hybridized carbons (Fsp3) is 0.600. The van der Waals surface area contributed by atoms with Gasteiger partial charge in [0.15, 0.2) is 0 Å². The Balaban J connectivity index is 2.23. The van der Waals surface area contributed by atoms with Crippen LogP contribution in [-0.2, 0) is 0 Å². The summed E-state index contributed by atoms with van der Waals surface area (Å²) in [4.78, 5) is 0. The Morgan fingerprint density at radius 1 is 1.36 bits per heavy atom. The molecular weight excluding hydrogens is 264 g/mol. The zero-order chi connectivity index (χ0) is 10.2. The number of thiophene rings is 1. The highest BCUT2D eigenvalue weighted by Crippen LogP contribution is 2.42. The van der Waals surface area contributed by atoms with Crippen molar-refractivity contribution < 1.29 is 10.2 Å². The molecule has 0 bridgehead atoms. The molecule has 14 heavy (non-hydrogen) atoms. The van der Waals surface area contributed by atoms with Crippen molar-refractivity contribution in [2.45, 2.75) is 37.4 Å². The van der Waals surface area contributed by atoms with Crippen LogP contribution in [0.4, 0.5) is 0 Å². The standard InChI is InChI=1S/C10H13BrO2S/c11-8-6-14-5-7(8)9(12)10(13)3-1-2-4-10/h5-6,9,12-13H,1-4H2. The van der Waals surface area contributed by atoms with Crippen LogP contribution in [0.2, 0.25) is 0 Å². The fourth-order valence-corrected chi connectivity index (χ4v) is 3.57. The van der Waals surface area contributed by atoms with Crippen molar-refractivity contribution in [2.75, 3.05) is 0 Å². The van der Waals surface area contributed by atoms with Gasteiger partial charge < -0.3 is 10.2 Å². The summed E-state index contributed by atoms with van der Waals surface area (Å²) >= 11 is 4.91. The molecule has 1 aromatic rings. The van der Waals surface area contributed by atoms with Gasteiger partial charge in [-0.25, -0.2) is 0 Å². The number of aliphatic hydroxyl groups is 2. The van der Waals surface area contributed by atoms with E-state index < -0.39 is 11.7 Å². The molecule has 1 aliphatic rings. The van der Waals surface area contributed by atoms with E-state index in [0.29, 0.717) is 12.8 Å². The number of hydrogen-bond acceptors (Lipinski definition) is 3. The Hall–Kier alpha value is 0.1000. The van der Waals surface area contributed by atoms with E-state index in [0.717, 1.165) is 22.9 Å². The molecule has 1 aliphatic carbocycles. The second-order valence-electron chi connectivity index (χ2n) is 3.89. The largest absolute Gasteiger partial charge is 0.387 e. The molecule has 2 nitrogen and oxygen atoms in total. The molecule has 0 amide bonds. The normalized spacial score (nSPS) is 22.5. The lowest BCUT2D eigenvalue weighted by Gasteiger charge is -2.28. The van der Waals surface area contributed by atoms with Gasteiger partial charge in [0.2, 0.25) is 0 Å². The van der Waals surface area contributed by atoms with E-state index in [9.17, 15) is 10.2 Å². The molecule has 1 aromatic heterocycles. The van der Waals surface area contributed by atoms with Gasteiger partial charge in [-0.3, -0.25) is 0 Å². The third-order valence-electron chi connectivity index (χ3n) is 2.92. The van der Waals surface area contributed by atoms with Gasteiger partial charge >= 0.3 is 0 Å². The van der Waals surface area contributed by atoms with Crippen LogP contribution >= 0.6 is 27.3 Å². The van der Waals surface area contributed by atoms with Gasteiger partial charge in [-0.15, -0.1) is 0 Å². The average Bonchev–Trinajstić information content (AvgIpc) is 2.74. The monoisotopic (exact) mass is 276 g/mol. The maximum atomic E-state index is 10.2. The Labute approximate surface area is 95.7 Å². The molecule has 0 aliphatic heterocycles. The molecular formula is C10H13BrO2S. The van der Waals surface area contributed by atoms with Crippen LogP contribution in [0.3, 0.4) is 0 Å². The summed E-state index contributed by atoms with van der Waals surface area (Å²) in [6, 6.07) is 0. The van der Waals surface area contributed by atoms with Gasteiger partial charge in [0.1, 0.15) is 6.10 Å². The second-order valence-corrected chi connectivity index (χ2v) is 5.49. The minimum Gasteiger partial charge on any atom is -0.387 e. The highest BCUT2D eigenvalue weighted by atomic mass is 79.9. The van der Waals surface area contributed by atoms with Gasteiger partial charge in [0.05, 0.1) is 5.60 Å². The molecule has 1 saturated carbocycles. The van der Waals surface area contributed by atoms with Gasteiger partial charge in [0, 0.05) is 15.4 Å². The first kappa shape index (κ1) is 10.6. The average molecular weight is 277 g/mol. The first-order chi connectivity index (χ1) is 6.63. The summed E-state index contributed by atoms with van der Waals surface area (Å²) < 4.78 is 0.898. The van der Waals surface area contributed by atoms with Gasteiger partial charge in [-0.05, 0) is 34.2 Å². The van der Waals surface area contributed by atoms with Crippen molar-refractivity contribution >= 4 is 27.3 Å². The summed E-state index contributed by atoms with van der Waals surface area (Å²) in [7, 11) is 0. The molecule has 1 atom stereocenters. The lowest BCUT2D eigenvalue weighted by atomic mass is 9.91. The Morgan fingerprint density at radius 2 is 2.00 bits per heavy atom. The van der Waals surface area contributed by atoms with Crippen molar-refractivity contribution in [3.05, 3.63) is 20.8 Å². The van der Waals surface area contributed by atoms with E-state index in [1.54, 1.807) is 0 Å². The van der Waals surface area contributed by atoms with Crippen LogP contribution in [-0.4, -0.2) is 15.8 Å². The van der Waals surface area contributed by atoms with E-state index >= 15 is 0 Å². The predicted octanol–water partition coefficient (Wildman–Crippen LogP) is 2.85. The van der Waals surface area contributed by atoms with E-state index in [4.69, 9.17) is 0 Å². The SMILES string of the molecule is OC(c1cscc1Br)C1(O)CCCC1. The smallest absolute Gasteiger partial charge is 0.110 e. The van der Waals surface area contributed by atoms with E-state index in [1.165, 1.54) is 11.3 Å². The molecule has 0 saturated heterocycles. The molecule has 1 unspecified atom stereocenters. The summed E-state index contributed by atoms with van der Waals surface area (Å²) in [6.45, 7) is 0. The first-order valence-corrected chi connectivity index (χ1v) is 6.49. The lowest BCUT2D eigenvalue weighted by molar-refractivity contribution is -0.0720. The topological polar surface area (TPSA) is 40.5 Å². The highest BCUT2D eigenvalue weighted by molar-refractivity contribution is 9.10. The summed E-state index contributed by atoms with van der Waals surface area (Å²) in [6.07, 6.45) is 2.68. The molecule has 1 heterocycles. The maximum Gasteiger partial charge on any atom is 0.110 e. The third-order valence-corrected chi connectivity index (χ3v) is 4.67. The van der Waals surface area contributed by atoms with E-state index in [1.807, 2.05) is 10.8 Å². The van der Waals surface area contributed by atoms with Crippen molar-refractivity contribution in [1.82, 2.24) is 0 Å². The minimum absolute atomic E-state index is 0.705. The first-order valence-electron chi connectivity index (χ1n) is 4.75. The number of halogens is 1. The predicted molar refractivity (Wildman–Crippen MR) is 60.4 cm³/mol. The van der Waals surface area contributed by atoms with Crippen LogP contribution in [0.15, 0.2) is 15.2 Å². The number of aliphatic hydroxyl groups excluding tert-OH is 1. The molecule has 0 aromatic carbocycles. The summed E-state index contributed by atoms with van der Waals surface area (Å²) in [5, 5.41) is 24.1. The zero-order valence-electron chi connectivity index (χ0n) is 7.74. The molecule has 1 fully saturated rings. The van der Waals surface area contributed by atoms with Crippen LogP contribution in [0.25, 0.3) is 0 Å². The number of rotatable bonds is 2. The Morgan fingerprint density at radius 3 is 2.50 bits per heavy atom. The van der Waals surface area contributed by atoms with Gasteiger partial charge in [-0.2, -0.15) is 11.3 Å². The summed E-state index contributed by atoms with van der Waals surface area (Å²) in [5.41, 5.74) is -0.0803. The van der Waals surface area contributed by atoms with Crippen molar-refractivity contribution in [3.63, 3.8) is 0 Å². The van der Waals surface area contributed by atoms with Gasteiger partial charge in [-0.1, -0.05) is 12.8 Å². The lowest BCUT2D eigenvalue weighted by Crippen LogP contribution is -2.32. The fourth-order valence-electron chi connectivity index (χ4n) is 2.04. The van der Waals surface area contributed by atoms with Gasteiger partial charge in [0.25, 0.3) is 0 Å². The van der Waals surface area contributed by atoms with Crippen LogP contribution in [0.1, 0.15) is 37.4 Å². The van der Waals surface area contributed by atoms with E-state index in [-0.39, 0.29) is 0 Å². The number of hydrogen-bond donors (Lipinski definition) is 2. The molecule has 2 N–H and O–H groups in total. The molecule has 0 radical (unpaired) electrons. The third kappa shape index (κ3) is 1.76. The molecule has 0 spiro atoms. The van der Waals surface area contributed by atoms with Crippen molar-refractivity contribution in [1.29, 1.82) is 0 Å². The summed E-state index contributed by atoms with van der Waals surface area (Å²) in [5.74, 6) is 0. The zero-order valence-corrected chi connectivity index (χ0v) is 10.1. The quantitative estimate of drug-likeness (QED) is 0.872. The maximum absolute atomic E-state index is 10.2. The highest BCUT2D eigenvalue weighted by Gasteiger charge is 2.40. The van der Waals surface area contributed by atoms with E-state index in [2.05, 4.69) is 15.9 Å². The minimum atomic E-state index is -0.899. The van der Waals surface area contributed by atoms with Crippen molar-refractivity contribution in [2.24, 2.45) is 0 Å². The molecule has 2 rings (SSSR count). The second kappa shape index (κ2) is 3.93. The van der Waals surface area contributed by atoms with Crippen molar-refractivity contribution in [3.8, 4) is 0 Å².